The first-order valence-corrected chi connectivity index (χ1v) is 10.3. The normalized spacial score (nSPS) is 17.0. The lowest BCUT2D eigenvalue weighted by atomic mass is 9.97. The quantitative estimate of drug-likeness (QED) is 0.572. The van der Waals surface area contributed by atoms with E-state index in [0.717, 1.165) is 42.7 Å². The Morgan fingerprint density at radius 1 is 1.22 bits per heavy atom. The maximum Gasteiger partial charge on any atom is 0.349 e. The topological polar surface area (TPSA) is 77.6 Å². The highest BCUT2D eigenvalue weighted by atomic mass is 32.2. The zero-order valence-corrected chi connectivity index (χ0v) is 16.0. The van der Waals surface area contributed by atoms with Crippen LogP contribution in [0.1, 0.15) is 29.9 Å². The summed E-state index contributed by atoms with van der Waals surface area (Å²) in [5.41, 5.74) is 1.89. The Kier molecular flexibility index (Phi) is 5.63. The fourth-order valence-electron chi connectivity index (χ4n) is 3.62. The van der Waals surface area contributed by atoms with Crippen molar-refractivity contribution in [2.24, 2.45) is 0 Å². The molecule has 1 aliphatic carbocycles. The van der Waals surface area contributed by atoms with Crippen LogP contribution in [-0.4, -0.2) is 52.4 Å². The van der Waals surface area contributed by atoms with Crippen LogP contribution in [0, 0.1) is 0 Å². The summed E-state index contributed by atoms with van der Waals surface area (Å²) in [6.45, 7) is 2.85. The molecule has 0 aromatic carbocycles. The zero-order chi connectivity index (χ0) is 18.6. The average molecular weight is 389 g/mol. The monoisotopic (exact) mass is 389 g/mol. The first-order chi connectivity index (χ1) is 13.2. The van der Waals surface area contributed by atoms with Crippen LogP contribution >= 0.6 is 11.8 Å². The van der Waals surface area contributed by atoms with Gasteiger partial charge in [-0.2, -0.15) is 4.98 Å². The molecule has 0 bridgehead atoms. The van der Waals surface area contributed by atoms with E-state index < -0.39 is 0 Å². The van der Waals surface area contributed by atoms with Crippen molar-refractivity contribution < 1.29 is 13.9 Å². The predicted molar refractivity (Wildman–Crippen MR) is 101 cm³/mol. The molecular formula is C19H23N3O4S. The largest absolute Gasteiger partial charge is 0.467 e. The molecule has 0 saturated carbocycles. The molecule has 144 valence electrons. The van der Waals surface area contributed by atoms with Gasteiger partial charge in [0.1, 0.15) is 10.8 Å². The molecule has 1 aliphatic heterocycles. The van der Waals surface area contributed by atoms with Crippen LogP contribution in [0.15, 0.2) is 32.6 Å². The summed E-state index contributed by atoms with van der Waals surface area (Å²) < 4.78 is 12.4. The van der Waals surface area contributed by atoms with Gasteiger partial charge in [-0.25, -0.2) is 4.79 Å². The predicted octanol–water partition coefficient (Wildman–Crippen LogP) is 1.71. The van der Waals surface area contributed by atoms with E-state index >= 15 is 0 Å². The second kappa shape index (κ2) is 8.31. The van der Waals surface area contributed by atoms with Gasteiger partial charge in [0, 0.05) is 24.3 Å². The molecule has 2 aliphatic rings. The third kappa shape index (κ3) is 4.11. The number of morpholine rings is 1. The van der Waals surface area contributed by atoms with Crippen molar-refractivity contribution in [1.29, 1.82) is 0 Å². The number of aromatic nitrogens is 2. The summed E-state index contributed by atoms with van der Waals surface area (Å²) in [7, 11) is 0. The second-order valence-electron chi connectivity index (χ2n) is 6.78. The number of amides is 1. The van der Waals surface area contributed by atoms with Crippen molar-refractivity contribution in [2.45, 2.75) is 37.3 Å². The number of rotatable bonds is 5. The fourth-order valence-corrected chi connectivity index (χ4v) is 4.60. The number of furan rings is 1. The number of fused-ring (bicyclic) bond motifs is 1. The maximum atomic E-state index is 12.7. The van der Waals surface area contributed by atoms with Crippen LogP contribution in [0.5, 0.6) is 0 Å². The second-order valence-corrected chi connectivity index (χ2v) is 7.74. The van der Waals surface area contributed by atoms with Gasteiger partial charge in [0.05, 0.1) is 31.8 Å². The standard InChI is InChI=1S/C19H23N3O4S/c23-17(21-7-10-25-11-8-21)13-27-18-15-5-1-2-6-16(15)22(19(24)20-18)12-14-4-3-9-26-14/h3-4,9H,1-2,5-8,10-13H2. The number of hydrogen-bond acceptors (Lipinski definition) is 6. The number of carbonyl (C=O) groups is 1. The molecular weight excluding hydrogens is 366 g/mol. The van der Waals surface area contributed by atoms with Crippen molar-refractivity contribution >= 4 is 17.7 Å². The lowest BCUT2D eigenvalue weighted by molar-refractivity contribution is -0.132. The van der Waals surface area contributed by atoms with Gasteiger partial charge in [-0.15, -0.1) is 0 Å². The highest BCUT2D eigenvalue weighted by Crippen LogP contribution is 2.29. The minimum atomic E-state index is -0.270. The van der Waals surface area contributed by atoms with Crippen molar-refractivity contribution in [2.75, 3.05) is 32.1 Å². The molecule has 2 aromatic heterocycles. The number of nitrogens with zero attached hydrogens (tertiary/aromatic N) is 3. The van der Waals surface area contributed by atoms with E-state index in [-0.39, 0.29) is 11.6 Å². The van der Waals surface area contributed by atoms with E-state index in [4.69, 9.17) is 9.15 Å². The fraction of sp³-hybridized carbons (Fsp3) is 0.526. The Morgan fingerprint density at radius 2 is 2.04 bits per heavy atom. The summed E-state index contributed by atoms with van der Waals surface area (Å²) in [6.07, 6.45) is 5.51. The number of ether oxygens (including phenoxy) is 1. The first-order valence-electron chi connectivity index (χ1n) is 9.35. The molecule has 0 unspecified atom stereocenters. The van der Waals surface area contributed by atoms with Gasteiger partial charge in [-0.3, -0.25) is 9.36 Å². The molecule has 0 N–H and O–H groups in total. The van der Waals surface area contributed by atoms with Gasteiger partial charge >= 0.3 is 5.69 Å². The Hall–Kier alpha value is -2.06. The molecule has 1 saturated heterocycles. The molecule has 0 atom stereocenters. The molecule has 4 rings (SSSR count). The lowest BCUT2D eigenvalue weighted by Gasteiger charge is -2.27. The van der Waals surface area contributed by atoms with Crippen molar-refractivity contribution in [3.05, 3.63) is 45.9 Å². The Balaban J connectivity index is 1.55. The molecule has 27 heavy (non-hydrogen) atoms. The number of hydrogen-bond donors (Lipinski definition) is 0. The Morgan fingerprint density at radius 3 is 2.81 bits per heavy atom. The smallest absolute Gasteiger partial charge is 0.349 e. The summed E-state index contributed by atoms with van der Waals surface area (Å²) >= 11 is 1.39. The number of carbonyl (C=O) groups excluding carboxylic acids is 1. The summed E-state index contributed by atoms with van der Waals surface area (Å²) in [5.74, 6) is 1.13. The van der Waals surface area contributed by atoms with Crippen molar-refractivity contribution in [3.63, 3.8) is 0 Å². The summed E-state index contributed by atoms with van der Waals surface area (Å²) in [4.78, 5) is 31.2. The first kappa shape index (κ1) is 18.3. The van der Waals surface area contributed by atoms with Crippen LogP contribution in [0.4, 0.5) is 0 Å². The molecule has 3 heterocycles. The Labute approximate surface area is 161 Å². The van der Waals surface area contributed by atoms with E-state index in [9.17, 15) is 9.59 Å². The molecule has 1 fully saturated rings. The van der Waals surface area contributed by atoms with E-state index in [2.05, 4.69) is 4.98 Å². The summed E-state index contributed by atoms with van der Waals surface area (Å²) in [5, 5.41) is 0.715. The van der Waals surface area contributed by atoms with Crippen LogP contribution in [0.25, 0.3) is 0 Å². The van der Waals surface area contributed by atoms with Gasteiger partial charge in [0.2, 0.25) is 5.91 Å². The third-order valence-corrected chi connectivity index (χ3v) is 6.04. The highest BCUT2D eigenvalue weighted by Gasteiger charge is 2.23. The van der Waals surface area contributed by atoms with Gasteiger partial charge < -0.3 is 14.1 Å². The van der Waals surface area contributed by atoms with Crippen molar-refractivity contribution in [3.8, 4) is 0 Å². The third-order valence-electron chi connectivity index (χ3n) is 5.04. The van der Waals surface area contributed by atoms with E-state index in [1.165, 1.54) is 11.8 Å². The Bertz CT molecular complexity index is 857. The van der Waals surface area contributed by atoms with Crippen molar-refractivity contribution in [1.82, 2.24) is 14.5 Å². The van der Waals surface area contributed by atoms with E-state index in [1.807, 2.05) is 17.0 Å². The van der Waals surface area contributed by atoms with Crippen LogP contribution in [0.2, 0.25) is 0 Å². The van der Waals surface area contributed by atoms with E-state index in [1.54, 1.807) is 10.8 Å². The zero-order valence-electron chi connectivity index (χ0n) is 15.2. The SMILES string of the molecule is O=C(CSc1nc(=O)n(Cc2ccco2)c2c1CCCC2)N1CCOCC1. The minimum absolute atomic E-state index is 0.0782. The van der Waals surface area contributed by atoms with E-state index in [0.29, 0.717) is 43.6 Å². The highest BCUT2D eigenvalue weighted by molar-refractivity contribution is 7.99. The lowest BCUT2D eigenvalue weighted by Crippen LogP contribution is -2.41. The van der Waals surface area contributed by atoms with Gasteiger partial charge in [-0.05, 0) is 37.8 Å². The number of thioether (sulfide) groups is 1. The molecule has 7 nitrogen and oxygen atoms in total. The molecule has 1 amide bonds. The molecule has 0 spiro atoms. The molecule has 0 radical (unpaired) electrons. The van der Waals surface area contributed by atoms with Crippen LogP contribution in [-0.2, 0) is 28.9 Å². The van der Waals surface area contributed by atoms with Crippen LogP contribution in [0.3, 0.4) is 0 Å². The van der Waals surface area contributed by atoms with Gasteiger partial charge in [0.25, 0.3) is 0 Å². The van der Waals surface area contributed by atoms with Crippen LogP contribution < -0.4 is 5.69 Å². The summed E-state index contributed by atoms with van der Waals surface area (Å²) in [6, 6.07) is 3.69. The molecule has 8 heteroatoms. The maximum absolute atomic E-state index is 12.7. The minimum Gasteiger partial charge on any atom is -0.467 e. The average Bonchev–Trinajstić information content (AvgIpc) is 3.22. The molecule has 2 aromatic rings. The van der Waals surface area contributed by atoms with Gasteiger partial charge in [-0.1, -0.05) is 11.8 Å². The van der Waals surface area contributed by atoms with Gasteiger partial charge in [0.15, 0.2) is 0 Å².